The minimum Gasteiger partial charge on any atom is -0.494 e. The highest BCUT2D eigenvalue weighted by molar-refractivity contribution is 9.10. The lowest BCUT2D eigenvalue weighted by atomic mass is 9.67. The molecule has 1 aliphatic rings. The Bertz CT molecular complexity index is 344. The first-order valence-electron chi connectivity index (χ1n) is 5.83. The molecule has 0 heterocycles. The van der Waals surface area contributed by atoms with E-state index in [0.717, 1.165) is 29.8 Å². The summed E-state index contributed by atoms with van der Waals surface area (Å²) in [4.78, 5) is 0. The summed E-state index contributed by atoms with van der Waals surface area (Å²) in [7, 11) is 0. The van der Waals surface area contributed by atoms with E-state index in [0.29, 0.717) is 5.41 Å². The van der Waals surface area contributed by atoms with Crippen molar-refractivity contribution in [3.63, 3.8) is 0 Å². The standard InChI is InChI=1S/C13H18BrNO/c14-11-3-1-4-12(9-11)16-8-7-13(10-15)5-2-6-13/h1,3-4,9H,2,5-8,10,15H2. The fourth-order valence-corrected chi connectivity index (χ4v) is 2.55. The molecule has 0 atom stereocenters. The average Bonchev–Trinajstić information content (AvgIpc) is 2.22. The van der Waals surface area contributed by atoms with Crippen molar-refractivity contribution in [2.24, 2.45) is 11.1 Å². The topological polar surface area (TPSA) is 35.2 Å². The molecule has 0 spiro atoms. The highest BCUT2D eigenvalue weighted by Crippen LogP contribution is 2.42. The van der Waals surface area contributed by atoms with Crippen molar-refractivity contribution in [3.05, 3.63) is 28.7 Å². The van der Waals surface area contributed by atoms with E-state index in [-0.39, 0.29) is 0 Å². The molecule has 88 valence electrons. The summed E-state index contributed by atoms with van der Waals surface area (Å²) in [6.07, 6.45) is 4.95. The lowest BCUT2D eigenvalue weighted by Crippen LogP contribution is -2.38. The molecule has 2 rings (SSSR count). The smallest absolute Gasteiger partial charge is 0.120 e. The van der Waals surface area contributed by atoms with Gasteiger partial charge in [-0.2, -0.15) is 0 Å². The minimum atomic E-state index is 0.381. The van der Waals surface area contributed by atoms with Gasteiger partial charge >= 0.3 is 0 Å². The van der Waals surface area contributed by atoms with Crippen LogP contribution in [0.5, 0.6) is 5.75 Å². The third-order valence-electron chi connectivity index (χ3n) is 3.54. The van der Waals surface area contributed by atoms with E-state index in [1.807, 2.05) is 24.3 Å². The number of hydrogen-bond donors (Lipinski definition) is 1. The summed E-state index contributed by atoms with van der Waals surface area (Å²) in [5.74, 6) is 0.931. The van der Waals surface area contributed by atoms with Crippen molar-refractivity contribution in [2.75, 3.05) is 13.2 Å². The van der Waals surface area contributed by atoms with Crippen LogP contribution < -0.4 is 10.5 Å². The van der Waals surface area contributed by atoms with E-state index in [2.05, 4.69) is 15.9 Å². The fraction of sp³-hybridized carbons (Fsp3) is 0.538. The molecule has 0 unspecified atom stereocenters. The Labute approximate surface area is 105 Å². The molecular formula is C13H18BrNO. The van der Waals surface area contributed by atoms with Gasteiger partial charge in [-0.25, -0.2) is 0 Å². The van der Waals surface area contributed by atoms with Gasteiger partial charge in [-0.15, -0.1) is 0 Å². The van der Waals surface area contributed by atoms with Crippen LogP contribution in [-0.4, -0.2) is 13.2 Å². The molecule has 0 aliphatic heterocycles. The maximum absolute atomic E-state index is 5.81. The van der Waals surface area contributed by atoms with Gasteiger partial charge in [0, 0.05) is 4.47 Å². The molecule has 1 saturated carbocycles. The Hall–Kier alpha value is -0.540. The molecule has 16 heavy (non-hydrogen) atoms. The van der Waals surface area contributed by atoms with Crippen LogP contribution in [-0.2, 0) is 0 Å². The van der Waals surface area contributed by atoms with Crippen molar-refractivity contribution in [1.82, 2.24) is 0 Å². The van der Waals surface area contributed by atoms with Crippen molar-refractivity contribution in [2.45, 2.75) is 25.7 Å². The number of rotatable bonds is 5. The van der Waals surface area contributed by atoms with Crippen LogP contribution in [0.4, 0.5) is 0 Å². The van der Waals surface area contributed by atoms with Gasteiger partial charge in [0.05, 0.1) is 6.61 Å². The predicted octanol–water partition coefficient (Wildman–Crippen LogP) is 3.35. The second-order valence-electron chi connectivity index (χ2n) is 4.61. The van der Waals surface area contributed by atoms with E-state index >= 15 is 0 Å². The van der Waals surface area contributed by atoms with Gasteiger partial charge in [0.1, 0.15) is 5.75 Å². The van der Waals surface area contributed by atoms with E-state index in [9.17, 15) is 0 Å². The SMILES string of the molecule is NCC1(CCOc2cccc(Br)c2)CCC1. The van der Waals surface area contributed by atoms with E-state index in [1.54, 1.807) is 0 Å². The second-order valence-corrected chi connectivity index (χ2v) is 5.53. The van der Waals surface area contributed by atoms with Crippen LogP contribution in [0, 0.1) is 5.41 Å². The molecule has 1 fully saturated rings. The zero-order chi connectivity index (χ0) is 11.4. The summed E-state index contributed by atoms with van der Waals surface area (Å²) in [5.41, 5.74) is 6.19. The van der Waals surface area contributed by atoms with Crippen LogP contribution in [0.1, 0.15) is 25.7 Å². The normalized spacial score (nSPS) is 17.9. The van der Waals surface area contributed by atoms with Crippen molar-refractivity contribution >= 4 is 15.9 Å². The van der Waals surface area contributed by atoms with Crippen LogP contribution >= 0.6 is 15.9 Å². The van der Waals surface area contributed by atoms with Gasteiger partial charge in [-0.1, -0.05) is 28.4 Å². The summed E-state index contributed by atoms with van der Waals surface area (Å²) in [6.45, 7) is 1.57. The Morgan fingerprint density at radius 2 is 2.19 bits per heavy atom. The zero-order valence-corrected chi connectivity index (χ0v) is 11.0. The van der Waals surface area contributed by atoms with Gasteiger partial charge in [-0.05, 0) is 49.4 Å². The van der Waals surface area contributed by atoms with Gasteiger partial charge < -0.3 is 10.5 Å². The molecule has 2 N–H and O–H groups in total. The first-order chi connectivity index (χ1) is 7.74. The molecular weight excluding hydrogens is 266 g/mol. The Morgan fingerprint density at radius 1 is 1.38 bits per heavy atom. The third-order valence-corrected chi connectivity index (χ3v) is 4.04. The second kappa shape index (κ2) is 5.19. The lowest BCUT2D eigenvalue weighted by molar-refractivity contribution is 0.103. The Balaban J connectivity index is 1.79. The predicted molar refractivity (Wildman–Crippen MR) is 69.6 cm³/mol. The first-order valence-corrected chi connectivity index (χ1v) is 6.62. The van der Waals surface area contributed by atoms with Crippen LogP contribution in [0.3, 0.4) is 0 Å². The quantitative estimate of drug-likeness (QED) is 0.900. The van der Waals surface area contributed by atoms with Gasteiger partial charge in [-0.3, -0.25) is 0 Å². The highest BCUT2D eigenvalue weighted by Gasteiger charge is 2.35. The fourth-order valence-electron chi connectivity index (χ4n) is 2.18. The first kappa shape index (κ1) is 11.9. The molecule has 0 radical (unpaired) electrons. The maximum Gasteiger partial charge on any atom is 0.120 e. The molecule has 2 nitrogen and oxygen atoms in total. The molecule has 0 bridgehead atoms. The zero-order valence-electron chi connectivity index (χ0n) is 9.42. The number of nitrogens with two attached hydrogens (primary N) is 1. The number of benzene rings is 1. The molecule has 0 saturated heterocycles. The van der Waals surface area contributed by atoms with Crippen LogP contribution in [0.15, 0.2) is 28.7 Å². The lowest BCUT2D eigenvalue weighted by Gasteiger charge is -2.40. The summed E-state index contributed by atoms with van der Waals surface area (Å²) in [6, 6.07) is 7.97. The van der Waals surface area contributed by atoms with Crippen LogP contribution in [0.25, 0.3) is 0 Å². The van der Waals surface area contributed by atoms with E-state index in [4.69, 9.17) is 10.5 Å². The summed E-state index contributed by atoms with van der Waals surface area (Å²) >= 11 is 3.43. The maximum atomic E-state index is 5.81. The number of halogens is 1. The van der Waals surface area contributed by atoms with Gasteiger partial charge in [0.25, 0.3) is 0 Å². The van der Waals surface area contributed by atoms with Crippen molar-refractivity contribution in [3.8, 4) is 5.75 Å². The largest absolute Gasteiger partial charge is 0.494 e. The van der Waals surface area contributed by atoms with Crippen LogP contribution in [0.2, 0.25) is 0 Å². The molecule has 1 aliphatic carbocycles. The highest BCUT2D eigenvalue weighted by atomic mass is 79.9. The summed E-state index contributed by atoms with van der Waals surface area (Å²) in [5, 5.41) is 0. The van der Waals surface area contributed by atoms with Gasteiger partial charge in [0.2, 0.25) is 0 Å². The molecule has 1 aromatic rings. The van der Waals surface area contributed by atoms with Crippen molar-refractivity contribution < 1.29 is 4.74 Å². The summed E-state index contributed by atoms with van der Waals surface area (Å²) < 4.78 is 6.79. The van der Waals surface area contributed by atoms with E-state index < -0.39 is 0 Å². The van der Waals surface area contributed by atoms with E-state index in [1.165, 1.54) is 19.3 Å². The van der Waals surface area contributed by atoms with Gasteiger partial charge in [0.15, 0.2) is 0 Å². The van der Waals surface area contributed by atoms with Crippen molar-refractivity contribution in [1.29, 1.82) is 0 Å². The molecule has 0 amide bonds. The molecule has 3 heteroatoms. The Kier molecular flexibility index (Phi) is 3.87. The monoisotopic (exact) mass is 283 g/mol. The molecule has 0 aromatic heterocycles. The number of ether oxygens (including phenoxy) is 1. The Morgan fingerprint density at radius 3 is 2.75 bits per heavy atom. The third kappa shape index (κ3) is 2.77. The number of hydrogen-bond acceptors (Lipinski definition) is 2. The minimum absolute atomic E-state index is 0.381. The average molecular weight is 284 g/mol. The molecule has 1 aromatic carbocycles.